The van der Waals surface area contributed by atoms with Crippen LogP contribution in [-0.4, -0.2) is 56.0 Å². The number of thioether (sulfide) groups is 1. The van der Waals surface area contributed by atoms with Crippen molar-refractivity contribution in [2.45, 2.75) is 36.7 Å². The molecule has 2 aromatic rings. The Morgan fingerprint density at radius 1 is 1.12 bits per heavy atom. The molecule has 0 spiro atoms. The third-order valence-corrected chi connectivity index (χ3v) is 5.91. The molecule has 176 valence electrons. The number of esters is 1. The first-order valence-corrected chi connectivity index (χ1v) is 12.7. The van der Waals surface area contributed by atoms with Crippen LogP contribution >= 0.6 is 11.8 Å². The van der Waals surface area contributed by atoms with Crippen molar-refractivity contribution in [2.24, 2.45) is 0 Å². The van der Waals surface area contributed by atoms with Crippen molar-refractivity contribution in [3.05, 3.63) is 65.7 Å². The fourth-order valence-corrected chi connectivity index (χ4v) is 3.55. The molecule has 0 aliphatic rings. The van der Waals surface area contributed by atoms with Crippen molar-refractivity contribution in [1.29, 1.82) is 0 Å². The summed E-state index contributed by atoms with van der Waals surface area (Å²) in [6.07, 6.45) is 3.05. The van der Waals surface area contributed by atoms with Crippen LogP contribution in [0.2, 0.25) is 0 Å². The largest absolute Gasteiger partial charge is 0.744 e. The molecular weight excluding hydrogens is 452 g/mol. The second-order valence-electron chi connectivity index (χ2n) is 7.02. The van der Waals surface area contributed by atoms with E-state index in [1.807, 2.05) is 43.5 Å². The lowest BCUT2D eigenvalue weighted by atomic mass is 10.1. The number of quaternary nitrogens is 1. The SMILES string of the molecule is COC(=O)[C@H](CCSC)NC(=O)[C@@H]([NH3+])Cc1ccccc1.Cc1ccc(S(=O)(=O)[O-])cc1. The van der Waals surface area contributed by atoms with E-state index in [1.165, 1.54) is 19.2 Å². The summed E-state index contributed by atoms with van der Waals surface area (Å²) in [5.74, 6) is 0.139. The highest BCUT2D eigenvalue weighted by Gasteiger charge is 2.25. The maximum atomic E-state index is 12.2. The van der Waals surface area contributed by atoms with E-state index in [2.05, 4.69) is 11.1 Å². The lowest BCUT2D eigenvalue weighted by Gasteiger charge is -2.17. The summed E-state index contributed by atoms with van der Waals surface area (Å²) in [5.41, 5.74) is 5.86. The van der Waals surface area contributed by atoms with Crippen LogP contribution in [0.1, 0.15) is 17.5 Å². The molecular formula is C22H30N2O6S2. The molecule has 0 bridgehead atoms. The molecule has 8 nitrogen and oxygen atoms in total. The van der Waals surface area contributed by atoms with Crippen molar-refractivity contribution in [3.63, 3.8) is 0 Å². The van der Waals surface area contributed by atoms with E-state index in [-0.39, 0.29) is 10.8 Å². The number of hydrogen-bond donors (Lipinski definition) is 2. The highest BCUT2D eigenvalue weighted by atomic mass is 32.2. The number of carbonyl (C=O) groups excluding carboxylic acids is 2. The molecule has 32 heavy (non-hydrogen) atoms. The van der Waals surface area contributed by atoms with Crippen LogP contribution in [0.3, 0.4) is 0 Å². The summed E-state index contributed by atoms with van der Waals surface area (Å²) in [6, 6.07) is 14.4. The van der Waals surface area contributed by atoms with Gasteiger partial charge in [0.15, 0.2) is 6.04 Å². The molecule has 0 aromatic heterocycles. The van der Waals surface area contributed by atoms with Gasteiger partial charge in [0.2, 0.25) is 0 Å². The van der Waals surface area contributed by atoms with Gasteiger partial charge in [0.1, 0.15) is 16.2 Å². The predicted molar refractivity (Wildman–Crippen MR) is 123 cm³/mol. The smallest absolute Gasteiger partial charge is 0.328 e. The van der Waals surface area contributed by atoms with Gasteiger partial charge >= 0.3 is 5.97 Å². The molecule has 2 rings (SSSR count). The van der Waals surface area contributed by atoms with Gasteiger partial charge in [0.25, 0.3) is 5.91 Å². The first kappa shape index (κ1) is 27.6. The van der Waals surface area contributed by atoms with Gasteiger partial charge in [-0.2, -0.15) is 11.8 Å². The molecule has 0 radical (unpaired) electrons. The number of ether oxygens (including phenoxy) is 1. The minimum atomic E-state index is -4.27. The second kappa shape index (κ2) is 13.9. The molecule has 0 fully saturated rings. The number of nitrogens with one attached hydrogen (secondary N) is 1. The number of benzene rings is 2. The van der Waals surface area contributed by atoms with Crippen LogP contribution in [0.4, 0.5) is 0 Å². The van der Waals surface area contributed by atoms with Crippen LogP contribution in [0, 0.1) is 6.92 Å². The maximum Gasteiger partial charge on any atom is 0.328 e. The predicted octanol–water partition coefficient (Wildman–Crippen LogP) is 1.15. The molecule has 0 aliphatic carbocycles. The Morgan fingerprint density at radius 2 is 1.72 bits per heavy atom. The molecule has 2 aromatic carbocycles. The van der Waals surface area contributed by atoms with Crippen molar-refractivity contribution < 1.29 is 33.0 Å². The number of rotatable bonds is 9. The molecule has 0 aliphatic heterocycles. The number of hydrogen-bond acceptors (Lipinski definition) is 7. The molecule has 0 saturated carbocycles. The normalized spacial score (nSPS) is 12.7. The van der Waals surface area contributed by atoms with E-state index >= 15 is 0 Å². The Balaban J connectivity index is 0.000000389. The first-order chi connectivity index (χ1) is 15.1. The Bertz CT molecular complexity index is 950. The van der Waals surface area contributed by atoms with E-state index in [9.17, 15) is 22.6 Å². The van der Waals surface area contributed by atoms with Gasteiger partial charge < -0.3 is 20.3 Å². The Kier molecular flexibility index (Phi) is 12.0. The summed E-state index contributed by atoms with van der Waals surface area (Å²) in [4.78, 5) is 23.6. The highest BCUT2D eigenvalue weighted by molar-refractivity contribution is 7.98. The van der Waals surface area contributed by atoms with Gasteiger partial charge in [-0.3, -0.25) is 4.79 Å². The minimum absolute atomic E-state index is 0.178. The van der Waals surface area contributed by atoms with Gasteiger partial charge in [0, 0.05) is 6.42 Å². The van der Waals surface area contributed by atoms with Crippen molar-refractivity contribution >= 4 is 33.8 Å². The zero-order chi connectivity index (χ0) is 24.1. The quantitative estimate of drug-likeness (QED) is 0.403. The molecule has 0 saturated heterocycles. The van der Waals surface area contributed by atoms with Crippen LogP contribution in [0.5, 0.6) is 0 Å². The lowest BCUT2D eigenvalue weighted by Crippen LogP contribution is -2.69. The van der Waals surface area contributed by atoms with Crippen LogP contribution in [0.25, 0.3) is 0 Å². The number of methoxy groups -OCH3 is 1. The second-order valence-corrected chi connectivity index (χ2v) is 9.38. The lowest BCUT2D eigenvalue weighted by molar-refractivity contribution is -0.403. The number of amides is 1. The average Bonchev–Trinajstić information content (AvgIpc) is 2.76. The molecule has 10 heteroatoms. The van der Waals surface area contributed by atoms with Gasteiger partial charge in [-0.05, 0) is 43.0 Å². The summed E-state index contributed by atoms with van der Waals surface area (Å²) < 4.78 is 35.9. The Labute approximate surface area is 193 Å². The average molecular weight is 483 g/mol. The van der Waals surface area contributed by atoms with E-state index in [0.717, 1.165) is 16.9 Å². The Hall–Kier alpha value is -2.40. The van der Waals surface area contributed by atoms with Gasteiger partial charge in [-0.1, -0.05) is 48.0 Å². The monoisotopic (exact) mass is 482 g/mol. The molecule has 4 N–H and O–H groups in total. The van der Waals surface area contributed by atoms with Gasteiger partial charge in [-0.25, -0.2) is 13.2 Å². The first-order valence-electron chi connectivity index (χ1n) is 9.85. The fourth-order valence-electron chi connectivity index (χ4n) is 2.61. The topological polar surface area (TPSA) is 140 Å². The minimum Gasteiger partial charge on any atom is -0.744 e. The maximum absolute atomic E-state index is 12.2. The number of carbonyl (C=O) groups is 2. The summed E-state index contributed by atoms with van der Waals surface area (Å²) in [5, 5.41) is 2.73. The fraction of sp³-hybridized carbons (Fsp3) is 0.364. The zero-order valence-electron chi connectivity index (χ0n) is 18.4. The summed E-state index contributed by atoms with van der Waals surface area (Å²) in [6.45, 7) is 1.82. The van der Waals surface area contributed by atoms with Gasteiger partial charge in [0.05, 0.1) is 12.0 Å². The molecule has 0 unspecified atom stereocenters. The van der Waals surface area contributed by atoms with E-state index in [1.54, 1.807) is 23.9 Å². The van der Waals surface area contributed by atoms with Crippen molar-refractivity contribution in [3.8, 4) is 0 Å². The highest BCUT2D eigenvalue weighted by Crippen LogP contribution is 2.08. The van der Waals surface area contributed by atoms with Crippen molar-refractivity contribution in [1.82, 2.24) is 5.32 Å². The number of aryl methyl sites for hydroxylation is 1. The van der Waals surface area contributed by atoms with E-state index in [4.69, 9.17) is 4.74 Å². The van der Waals surface area contributed by atoms with Crippen molar-refractivity contribution in [2.75, 3.05) is 19.1 Å². The molecule has 0 heterocycles. The van der Waals surface area contributed by atoms with Gasteiger partial charge in [-0.15, -0.1) is 0 Å². The summed E-state index contributed by atoms with van der Waals surface area (Å²) >= 11 is 1.62. The third-order valence-electron chi connectivity index (χ3n) is 4.42. The Morgan fingerprint density at radius 3 is 2.22 bits per heavy atom. The van der Waals surface area contributed by atoms with Crippen LogP contribution < -0.4 is 11.1 Å². The van der Waals surface area contributed by atoms with Crippen LogP contribution in [-0.2, 0) is 30.9 Å². The van der Waals surface area contributed by atoms with E-state index < -0.39 is 28.2 Å². The standard InChI is InChI=1S/C15H22N2O3S.C7H8O3S/c1-20-15(19)13(8-9-21-2)17-14(18)12(16)10-11-6-4-3-5-7-11;1-6-2-4-7(5-3-6)11(8,9)10/h3-7,12-13H,8-10,16H2,1-2H3,(H,17,18);2-5H,1H3,(H,8,9,10)/t12-,13-;/m0./s1. The third kappa shape index (κ3) is 10.3. The molecule has 2 atom stereocenters. The van der Waals surface area contributed by atoms with Crippen LogP contribution in [0.15, 0.2) is 59.5 Å². The zero-order valence-corrected chi connectivity index (χ0v) is 20.1. The molecule has 1 amide bonds. The summed E-state index contributed by atoms with van der Waals surface area (Å²) in [7, 11) is -2.94. The van der Waals surface area contributed by atoms with E-state index in [0.29, 0.717) is 12.8 Å².